The van der Waals surface area contributed by atoms with Gasteiger partial charge in [-0.3, -0.25) is 19.2 Å². The Kier molecular flexibility index (Phi) is 54.4. The molecule has 0 bridgehead atoms. The topological polar surface area (TPSA) is 124 Å². The third kappa shape index (κ3) is 50.4. The Hall–Kier alpha value is 0.0600. The molecule has 0 fully saturated rings. The summed E-state index contributed by atoms with van der Waals surface area (Å²) in [6, 6.07) is 0. The highest BCUT2D eigenvalue weighted by molar-refractivity contribution is 8.87. The van der Waals surface area contributed by atoms with Crippen LogP contribution in [-0.4, -0.2) is 86.5 Å². The molecule has 0 saturated heterocycles. The summed E-state index contributed by atoms with van der Waals surface area (Å²) in [5.41, 5.74) is 0. The van der Waals surface area contributed by atoms with Crippen LogP contribution in [0.3, 0.4) is 0 Å². The van der Waals surface area contributed by atoms with Gasteiger partial charge < -0.3 is 28.0 Å². The van der Waals surface area contributed by atoms with E-state index in [1.54, 1.807) is 0 Å². The molecule has 0 heterocycles. The van der Waals surface area contributed by atoms with E-state index in [0.717, 1.165) is 77.0 Å². The van der Waals surface area contributed by atoms with Crippen molar-refractivity contribution < 1.29 is 47.2 Å². The fraction of sp³-hybridized carbons (Fsp3) is 0.920. The zero-order valence-corrected chi connectivity index (χ0v) is 47.4. The van der Waals surface area contributed by atoms with Crippen LogP contribution in [0.1, 0.15) is 233 Å². The summed E-state index contributed by atoms with van der Waals surface area (Å²) < 4.78 is 34.5. The standard InChI is InChI=1S/C50H96O10P2S4/c1-5-9-13-17-21-25-31-37-55-47(51)43-63-61(64-44-48(52)56-38-32-26-22-18-14-10-6-2)59-41-35-29-30-36-42-60-62(65-45-49(53)57-39-33-27-23-19-15-11-7-3)66-46-50(54)58-40-34-28-24-20-16-12-8-4/h5-46H2,1-4H3. The molecule has 0 spiro atoms. The van der Waals surface area contributed by atoms with E-state index in [2.05, 4.69) is 27.7 Å². The second-order valence-corrected chi connectivity index (χ2v) is 29.1. The monoisotopic (exact) mass is 1050 g/mol. The molecule has 66 heavy (non-hydrogen) atoms. The number of hydrogen-bond donors (Lipinski definition) is 0. The summed E-state index contributed by atoms with van der Waals surface area (Å²) in [6.45, 7) is 9.47. The summed E-state index contributed by atoms with van der Waals surface area (Å²) in [6.07, 6.45) is 36.3. The van der Waals surface area contributed by atoms with Crippen LogP contribution in [0.5, 0.6) is 0 Å². The fourth-order valence-corrected chi connectivity index (χ4v) is 16.8. The minimum absolute atomic E-state index is 0.201. The van der Waals surface area contributed by atoms with Gasteiger partial charge in [-0.1, -0.05) is 240 Å². The smallest absolute Gasteiger partial charge is 0.316 e. The van der Waals surface area contributed by atoms with Gasteiger partial charge in [-0.2, -0.15) is 0 Å². The van der Waals surface area contributed by atoms with E-state index in [1.165, 1.54) is 174 Å². The van der Waals surface area contributed by atoms with Crippen molar-refractivity contribution in [1.82, 2.24) is 0 Å². The summed E-state index contributed by atoms with van der Waals surface area (Å²) in [7, 11) is 0. The van der Waals surface area contributed by atoms with Crippen molar-refractivity contribution in [3.05, 3.63) is 0 Å². The maximum atomic E-state index is 12.6. The predicted molar refractivity (Wildman–Crippen MR) is 290 cm³/mol. The molecule has 0 amide bonds. The number of ether oxygens (including phenoxy) is 4. The number of hydrogen-bond acceptors (Lipinski definition) is 14. The first-order valence-corrected chi connectivity index (χ1v) is 35.2. The second-order valence-electron chi connectivity index (χ2n) is 17.0. The Balaban J connectivity index is 4.80. The third-order valence-corrected chi connectivity index (χ3v) is 22.9. The van der Waals surface area contributed by atoms with Gasteiger partial charge in [0, 0.05) is 0 Å². The molecule has 0 unspecified atom stereocenters. The summed E-state index contributed by atoms with van der Waals surface area (Å²) in [5.74, 6) is -0.136. The molecule has 0 saturated carbocycles. The molecule has 16 heteroatoms. The SMILES string of the molecule is CCCCCCCCCOC(=O)CSP(OCCCCCCOP(SCC(=O)OCCCCCCCCC)SCC(=O)OCCCCCCCCC)SCC(=O)OCCCCCCCCC. The summed E-state index contributed by atoms with van der Waals surface area (Å²) in [4.78, 5) is 50.3. The van der Waals surface area contributed by atoms with Crippen molar-refractivity contribution in [2.24, 2.45) is 0 Å². The van der Waals surface area contributed by atoms with Gasteiger partial charge in [-0.15, -0.1) is 0 Å². The Bertz CT molecular complexity index is 946. The second kappa shape index (κ2) is 54.4. The highest BCUT2D eigenvalue weighted by Gasteiger charge is 2.19. The molecule has 0 N–H and O–H groups in total. The third-order valence-electron chi connectivity index (χ3n) is 10.6. The fourth-order valence-electron chi connectivity index (χ4n) is 6.63. The van der Waals surface area contributed by atoms with E-state index in [1.807, 2.05) is 0 Å². The van der Waals surface area contributed by atoms with E-state index >= 15 is 0 Å². The normalized spacial score (nSPS) is 11.4. The first-order chi connectivity index (χ1) is 32.4. The molecule has 0 aromatic carbocycles. The first-order valence-electron chi connectivity index (χ1n) is 26.4. The minimum atomic E-state index is -1.13. The predicted octanol–water partition coefficient (Wildman–Crippen LogP) is 17.1. The average Bonchev–Trinajstić information content (AvgIpc) is 3.31. The lowest BCUT2D eigenvalue weighted by atomic mass is 10.1. The lowest BCUT2D eigenvalue weighted by Gasteiger charge is -2.16. The van der Waals surface area contributed by atoms with E-state index < -0.39 is 13.1 Å². The average molecular weight is 1050 g/mol. The molecular weight excluding hydrogens is 951 g/mol. The van der Waals surface area contributed by atoms with E-state index in [-0.39, 0.29) is 46.9 Å². The zero-order chi connectivity index (χ0) is 48.2. The van der Waals surface area contributed by atoms with Crippen LogP contribution < -0.4 is 0 Å². The van der Waals surface area contributed by atoms with Gasteiger partial charge in [0.15, 0.2) is 13.1 Å². The number of carbonyl (C=O) groups excluding carboxylic acids is 4. The van der Waals surface area contributed by atoms with Gasteiger partial charge in [0.05, 0.1) is 62.7 Å². The van der Waals surface area contributed by atoms with Crippen LogP contribution in [0.25, 0.3) is 0 Å². The maximum absolute atomic E-state index is 12.6. The van der Waals surface area contributed by atoms with Gasteiger partial charge in [0.2, 0.25) is 0 Å². The van der Waals surface area contributed by atoms with E-state index in [4.69, 9.17) is 28.0 Å². The highest BCUT2D eigenvalue weighted by Crippen LogP contribution is 2.62. The quantitative estimate of drug-likeness (QED) is 0.0248. The van der Waals surface area contributed by atoms with Gasteiger partial charge in [0.25, 0.3) is 0 Å². The van der Waals surface area contributed by atoms with Gasteiger partial charge in [-0.25, -0.2) is 0 Å². The zero-order valence-electron chi connectivity index (χ0n) is 42.3. The lowest BCUT2D eigenvalue weighted by molar-refractivity contribution is -0.141. The molecule has 0 radical (unpaired) electrons. The Morgan fingerprint density at radius 2 is 0.455 bits per heavy atom. The molecule has 0 aromatic rings. The number of carbonyl (C=O) groups is 4. The highest BCUT2D eigenvalue weighted by atomic mass is 33.1. The summed E-state index contributed by atoms with van der Waals surface area (Å²) >= 11 is 5.73. The van der Waals surface area contributed by atoms with Crippen molar-refractivity contribution in [2.45, 2.75) is 233 Å². The summed E-state index contributed by atoms with van der Waals surface area (Å²) in [5, 5.41) is 0. The van der Waals surface area contributed by atoms with Gasteiger partial charge in [0.1, 0.15) is 0 Å². The van der Waals surface area contributed by atoms with Crippen molar-refractivity contribution in [1.29, 1.82) is 0 Å². The van der Waals surface area contributed by atoms with Gasteiger partial charge in [-0.05, 0) is 38.5 Å². The molecule has 0 aromatic heterocycles. The van der Waals surface area contributed by atoms with Crippen LogP contribution >= 0.6 is 58.6 Å². The van der Waals surface area contributed by atoms with Crippen molar-refractivity contribution in [3.8, 4) is 0 Å². The largest absolute Gasteiger partial charge is 0.465 e. The molecule has 0 aliphatic carbocycles. The number of rotatable bonds is 53. The van der Waals surface area contributed by atoms with E-state index in [9.17, 15) is 19.2 Å². The molecular formula is C50H96O10P2S4. The maximum Gasteiger partial charge on any atom is 0.316 e. The minimum Gasteiger partial charge on any atom is -0.465 e. The van der Waals surface area contributed by atoms with Crippen LogP contribution in [0.4, 0.5) is 0 Å². The Morgan fingerprint density at radius 1 is 0.273 bits per heavy atom. The van der Waals surface area contributed by atoms with Crippen LogP contribution in [0.2, 0.25) is 0 Å². The van der Waals surface area contributed by atoms with Crippen LogP contribution in [0, 0.1) is 0 Å². The van der Waals surface area contributed by atoms with Crippen molar-refractivity contribution in [3.63, 3.8) is 0 Å². The van der Waals surface area contributed by atoms with Gasteiger partial charge >= 0.3 is 23.9 Å². The molecule has 0 rings (SSSR count). The molecule has 0 aliphatic rings. The van der Waals surface area contributed by atoms with Crippen LogP contribution in [0.15, 0.2) is 0 Å². The van der Waals surface area contributed by atoms with E-state index in [0.29, 0.717) is 39.6 Å². The molecule has 390 valence electrons. The number of unbranched alkanes of at least 4 members (excludes halogenated alkanes) is 27. The number of esters is 4. The van der Waals surface area contributed by atoms with Crippen molar-refractivity contribution in [2.75, 3.05) is 62.7 Å². The first kappa shape index (κ1) is 66.1. The Morgan fingerprint density at radius 3 is 0.667 bits per heavy atom. The lowest BCUT2D eigenvalue weighted by Crippen LogP contribution is -2.09. The molecule has 0 atom stereocenters. The van der Waals surface area contributed by atoms with Crippen LogP contribution in [-0.2, 0) is 47.2 Å². The Labute approximate surface area is 423 Å². The molecule has 10 nitrogen and oxygen atoms in total. The van der Waals surface area contributed by atoms with Crippen molar-refractivity contribution >= 4 is 82.5 Å². The molecule has 0 aliphatic heterocycles.